The summed E-state index contributed by atoms with van der Waals surface area (Å²) in [6.07, 6.45) is 3.49. The third kappa shape index (κ3) is 5.29. The van der Waals surface area contributed by atoms with E-state index < -0.39 is 10.0 Å². The molecule has 2 aliphatic rings. The van der Waals surface area contributed by atoms with Crippen LogP contribution in [0.2, 0.25) is 0 Å². The summed E-state index contributed by atoms with van der Waals surface area (Å²) in [4.78, 5) is 17.9. The van der Waals surface area contributed by atoms with Gasteiger partial charge in [0.25, 0.3) is 0 Å². The highest BCUT2D eigenvalue weighted by Gasteiger charge is 2.30. The number of ether oxygens (including phenoxy) is 2. The molecule has 5 rings (SSSR count). The molecule has 3 heterocycles. The van der Waals surface area contributed by atoms with Crippen LogP contribution >= 0.6 is 0 Å². The first-order chi connectivity index (χ1) is 17.0. The number of nitrogens with zero attached hydrogens (tertiary/aromatic N) is 2. The van der Waals surface area contributed by atoms with Crippen LogP contribution < -0.4 is 14.8 Å². The zero-order valence-corrected chi connectivity index (χ0v) is 20.4. The summed E-state index contributed by atoms with van der Waals surface area (Å²) < 4.78 is 39.0. The first-order valence-electron chi connectivity index (χ1n) is 11.9. The van der Waals surface area contributed by atoms with E-state index in [4.69, 9.17) is 9.47 Å². The summed E-state index contributed by atoms with van der Waals surface area (Å²) >= 11 is 0. The number of hydrogen-bond donors (Lipinski definition) is 2. The Morgan fingerprint density at radius 1 is 1.00 bits per heavy atom. The molecule has 10 heteroatoms. The van der Waals surface area contributed by atoms with Gasteiger partial charge in [0, 0.05) is 62.3 Å². The first kappa shape index (κ1) is 23.7. The van der Waals surface area contributed by atoms with E-state index in [1.165, 1.54) is 15.3 Å². The van der Waals surface area contributed by atoms with E-state index in [2.05, 4.69) is 16.4 Å². The lowest BCUT2D eigenvalue weighted by molar-refractivity contribution is -0.122. The lowest BCUT2D eigenvalue weighted by atomic mass is 10.1. The average Bonchev–Trinajstić information content (AvgIpc) is 3.12. The highest BCUT2D eigenvalue weighted by atomic mass is 32.2. The Balaban J connectivity index is 1.10. The van der Waals surface area contributed by atoms with Crippen LogP contribution in [0.1, 0.15) is 12.0 Å². The van der Waals surface area contributed by atoms with Gasteiger partial charge in [0.1, 0.15) is 0 Å². The van der Waals surface area contributed by atoms with Gasteiger partial charge < -0.3 is 19.8 Å². The highest BCUT2D eigenvalue weighted by molar-refractivity contribution is 7.89. The molecule has 0 bridgehead atoms. The summed E-state index contributed by atoms with van der Waals surface area (Å²) in [6, 6.07) is 12.9. The van der Waals surface area contributed by atoms with Crippen LogP contribution in [0.15, 0.2) is 53.6 Å². The topological polar surface area (TPSA) is 104 Å². The largest absolute Gasteiger partial charge is 0.490 e. The number of amides is 1. The van der Waals surface area contributed by atoms with Gasteiger partial charge in [0.2, 0.25) is 15.9 Å². The molecule has 0 saturated carbocycles. The molecule has 0 radical (unpaired) electrons. The summed E-state index contributed by atoms with van der Waals surface area (Å²) in [5.74, 6) is 0.984. The monoisotopic (exact) mass is 498 g/mol. The molecule has 3 aromatic rings. The number of H-pyrrole nitrogens is 1. The van der Waals surface area contributed by atoms with Gasteiger partial charge in [-0.05, 0) is 30.2 Å². The Bertz CT molecular complexity index is 1300. The van der Waals surface area contributed by atoms with Crippen LogP contribution in [0.25, 0.3) is 10.9 Å². The van der Waals surface area contributed by atoms with Crippen LogP contribution in [-0.2, 0) is 21.2 Å². The van der Waals surface area contributed by atoms with Crippen LogP contribution in [0.5, 0.6) is 11.5 Å². The van der Waals surface area contributed by atoms with Crippen LogP contribution in [-0.4, -0.2) is 81.0 Å². The van der Waals surface area contributed by atoms with E-state index in [0.29, 0.717) is 57.4 Å². The minimum Gasteiger partial charge on any atom is -0.490 e. The minimum absolute atomic E-state index is 0.0518. The molecule has 0 atom stereocenters. The van der Waals surface area contributed by atoms with E-state index in [1.807, 2.05) is 29.3 Å². The highest BCUT2D eigenvalue weighted by Crippen LogP contribution is 2.33. The lowest BCUT2D eigenvalue weighted by Crippen LogP contribution is -2.51. The number of para-hydroxylation sites is 1. The molecule has 2 N–H and O–H groups in total. The van der Waals surface area contributed by atoms with Crippen molar-refractivity contribution in [3.63, 3.8) is 0 Å². The number of aromatic amines is 1. The van der Waals surface area contributed by atoms with Gasteiger partial charge >= 0.3 is 0 Å². The van der Waals surface area contributed by atoms with Crippen LogP contribution in [0.4, 0.5) is 0 Å². The van der Waals surface area contributed by atoms with Gasteiger partial charge in [-0.1, -0.05) is 18.2 Å². The van der Waals surface area contributed by atoms with Crippen molar-refractivity contribution in [3.05, 3.63) is 54.2 Å². The Kier molecular flexibility index (Phi) is 6.94. The molecule has 1 fully saturated rings. The van der Waals surface area contributed by atoms with Crippen molar-refractivity contribution in [3.8, 4) is 11.5 Å². The third-order valence-electron chi connectivity index (χ3n) is 6.45. The smallest absolute Gasteiger partial charge is 0.243 e. The number of carbonyl (C=O) groups excluding carboxylic acids is 1. The van der Waals surface area contributed by atoms with Crippen molar-refractivity contribution in [2.75, 3.05) is 52.5 Å². The van der Waals surface area contributed by atoms with Gasteiger partial charge in [0.05, 0.1) is 24.7 Å². The quantitative estimate of drug-likeness (QED) is 0.517. The molecular weight excluding hydrogens is 468 g/mol. The molecule has 0 unspecified atom stereocenters. The number of fused-ring (bicyclic) bond motifs is 2. The number of piperazine rings is 1. The number of rotatable bonds is 7. The summed E-state index contributed by atoms with van der Waals surface area (Å²) in [5, 5.41) is 4.16. The number of carbonyl (C=O) groups is 1. The predicted molar refractivity (Wildman–Crippen MR) is 132 cm³/mol. The first-order valence-corrected chi connectivity index (χ1v) is 13.4. The fourth-order valence-corrected chi connectivity index (χ4v) is 5.95. The fraction of sp³-hybridized carbons (Fsp3) is 0.400. The molecule has 2 aliphatic heterocycles. The van der Waals surface area contributed by atoms with Gasteiger partial charge in [-0.25, -0.2) is 8.42 Å². The second-order valence-corrected chi connectivity index (χ2v) is 10.7. The molecular formula is C25H30N4O5S. The number of aromatic nitrogens is 1. The van der Waals surface area contributed by atoms with E-state index in [-0.39, 0.29) is 17.3 Å². The molecule has 2 aromatic carbocycles. The Hall–Kier alpha value is -3.08. The molecule has 9 nitrogen and oxygen atoms in total. The number of nitrogens with one attached hydrogen (secondary N) is 2. The molecule has 0 spiro atoms. The van der Waals surface area contributed by atoms with Crippen molar-refractivity contribution in [2.24, 2.45) is 0 Å². The SMILES string of the molecule is O=C(CN1CCN(S(=O)(=O)c2ccc3c(c2)OCCCO3)CC1)NCCc1c[nH]c2ccccc12. The van der Waals surface area contributed by atoms with Gasteiger partial charge in [-0.2, -0.15) is 4.31 Å². The van der Waals surface area contributed by atoms with Gasteiger partial charge in [-0.3, -0.25) is 9.69 Å². The number of sulfonamides is 1. The van der Waals surface area contributed by atoms with Crippen molar-refractivity contribution >= 4 is 26.8 Å². The van der Waals surface area contributed by atoms with E-state index >= 15 is 0 Å². The maximum absolute atomic E-state index is 13.2. The van der Waals surface area contributed by atoms with E-state index in [0.717, 1.165) is 18.4 Å². The fourth-order valence-electron chi connectivity index (χ4n) is 4.52. The minimum atomic E-state index is -3.65. The Labute approximate surface area is 205 Å². The molecule has 1 aromatic heterocycles. The standard InChI is InChI=1S/C25H30N4O5S/c30-25(26-9-8-19-17-27-22-5-2-1-4-21(19)22)18-28-10-12-29(13-11-28)35(31,32)20-6-7-23-24(16-20)34-15-3-14-33-23/h1-2,4-7,16-17,27H,3,8-15,18H2,(H,26,30). The van der Waals surface area contributed by atoms with E-state index in [1.54, 1.807) is 18.2 Å². The van der Waals surface area contributed by atoms with Crippen molar-refractivity contribution in [1.29, 1.82) is 0 Å². The zero-order chi connectivity index (χ0) is 24.3. The van der Waals surface area contributed by atoms with Crippen LogP contribution in [0, 0.1) is 0 Å². The van der Waals surface area contributed by atoms with Crippen molar-refractivity contribution < 1.29 is 22.7 Å². The summed E-state index contributed by atoms with van der Waals surface area (Å²) in [6.45, 7) is 3.53. The zero-order valence-electron chi connectivity index (χ0n) is 19.5. The maximum atomic E-state index is 13.2. The number of benzene rings is 2. The lowest BCUT2D eigenvalue weighted by Gasteiger charge is -2.33. The molecule has 1 saturated heterocycles. The third-order valence-corrected chi connectivity index (χ3v) is 8.34. The summed E-state index contributed by atoms with van der Waals surface area (Å²) in [5.41, 5.74) is 2.27. The van der Waals surface area contributed by atoms with Gasteiger partial charge in [-0.15, -0.1) is 0 Å². The molecule has 0 aliphatic carbocycles. The second-order valence-electron chi connectivity index (χ2n) is 8.80. The Morgan fingerprint density at radius 2 is 1.77 bits per heavy atom. The van der Waals surface area contributed by atoms with Gasteiger partial charge in [0.15, 0.2) is 11.5 Å². The predicted octanol–water partition coefficient (Wildman–Crippen LogP) is 1.99. The van der Waals surface area contributed by atoms with E-state index in [9.17, 15) is 13.2 Å². The Morgan fingerprint density at radius 3 is 2.60 bits per heavy atom. The normalized spacial score (nSPS) is 17.3. The molecule has 1 amide bonds. The molecule has 186 valence electrons. The molecule has 35 heavy (non-hydrogen) atoms. The van der Waals surface area contributed by atoms with Crippen LogP contribution in [0.3, 0.4) is 0 Å². The average molecular weight is 499 g/mol. The number of hydrogen-bond acceptors (Lipinski definition) is 6. The maximum Gasteiger partial charge on any atom is 0.243 e. The summed E-state index contributed by atoms with van der Waals surface area (Å²) in [7, 11) is -3.65. The van der Waals surface area contributed by atoms with Crippen molar-refractivity contribution in [1.82, 2.24) is 19.5 Å². The van der Waals surface area contributed by atoms with Crippen molar-refractivity contribution in [2.45, 2.75) is 17.7 Å². The second kappa shape index (κ2) is 10.3.